The van der Waals surface area contributed by atoms with Gasteiger partial charge >= 0.3 is 0 Å². The summed E-state index contributed by atoms with van der Waals surface area (Å²) in [5.41, 5.74) is 2.49. The van der Waals surface area contributed by atoms with Crippen molar-refractivity contribution in [1.29, 1.82) is 0 Å². The molecule has 1 aromatic heterocycles. The Balaban J connectivity index is 2.26. The normalized spacial score (nSPS) is 10.9. The van der Waals surface area contributed by atoms with Crippen LogP contribution in [-0.2, 0) is 0 Å². The number of fused-ring (bicyclic) bond motifs is 1. The van der Waals surface area contributed by atoms with E-state index < -0.39 is 0 Å². The van der Waals surface area contributed by atoms with E-state index in [1.54, 1.807) is 12.1 Å². The van der Waals surface area contributed by atoms with Gasteiger partial charge in [-0.15, -0.1) is 0 Å². The summed E-state index contributed by atoms with van der Waals surface area (Å²) in [6.07, 6.45) is 0. The Morgan fingerprint density at radius 2 is 1.82 bits per heavy atom. The number of rotatable bonds is 1. The lowest BCUT2D eigenvalue weighted by atomic mass is 10.1. The van der Waals surface area contributed by atoms with Gasteiger partial charge in [-0.05, 0) is 24.3 Å². The van der Waals surface area contributed by atoms with Gasteiger partial charge < -0.3 is 4.98 Å². The minimum absolute atomic E-state index is 0.225. The smallest absolute Gasteiger partial charge is 0.132 e. The van der Waals surface area contributed by atoms with E-state index in [0.717, 1.165) is 16.8 Å². The van der Waals surface area contributed by atoms with Gasteiger partial charge in [0, 0.05) is 27.2 Å². The van der Waals surface area contributed by atoms with Gasteiger partial charge in [-0.2, -0.15) is 0 Å². The van der Waals surface area contributed by atoms with Crippen molar-refractivity contribution in [2.75, 3.05) is 0 Å². The zero-order valence-corrected chi connectivity index (χ0v) is 9.63. The van der Waals surface area contributed by atoms with E-state index in [-0.39, 0.29) is 5.82 Å². The Kier molecular flexibility index (Phi) is 2.37. The van der Waals surface area contributed by atoms with Crippen molar-refractivity contribution < 1.29 is 4.39 Å². The highest BCUT2D eigenvalue weighted by Crippen LogP contribution is 2.30. The molecule has 0 saturated carbocycles. The summed E-state index contributed by atoms with van der Waals surface area (Å²) in [5.74, 6) is -0.225. The Labute approximate surface area is 103 Å². The van der Waals surface area contributed by atoms with Crippen molar-refractivity contribution in [3.63, 3.8) is 0 Å². The van der Waals surface area contributed by atoms with E-state index in [4.69, 9.17) is 11.6 Å². The lowest BCUT2D eigenvalue weighted by Crippen LogP contribution is -1.77. The molecule has 3 heteroatoms. The van der Waals surface area contributed by atoms with E-state index in [1.165, 1.54) is 6.07 Å². The molecule has 0 amide bonds. The number of aromatic nitrogens is 1. The molecule has 0 aliphatic rings. The molecule has 0 fully saturated rings. The molecule has 0 atom stereocenters. The van der Waals surface area contributed by atoms with Crippen molar-refractivity contribution in [2.24, 2.45) is 0 Å². The van der Waals surface area contributed by atoms with Crippen molar-refractivity contribution in [2.45, 2.75) is 0 Å². The van der Waals surface area contributed by atoms with E-state index in [1.807, 2.05) is 30.3 Å². The highest BCUT2D eigenvalue weighted by atomic mass is 35.5. The molecular formula is C14H9ClFN. The van der Waals surface area contributed by atoms with Crippen LogP contribution in [0, 0.1) is 5.82 Å². The standard InChI is InChI=1S/C14H9ClFN/c15-11-5-2-1-4-9(11)14-8-10-12(16)6-3-7-13(10)17-14/h1-8,17H. The molecule has 0 radical (unpaired) electrons. The lowest BCUT2D eigenvalue weighted by molar-refractivity contribution is 0.640. The van der Waals surface area contributed by atoms with Gasteiger partial charge in [0.25, 0.3) is 0 Å². The van der Waals surface area contributed by atoms with Gasteiger partial charge in [0.2, 0.25) is 0 Å². The molecule has 1 N–H and O–H groups in total. The second-order valence-corrected chi connectivity index (χ2v) is 4.27. The highest BCUT2D eigenvalue weighted by Gasteiger charge is 2.08. The van der Waals surface area contributed by atoms with E-state index in [0.29, 0.717) is 10.4 Å². The van der Waals surface area contributed by atoms with Gasteiger partial charge in [0.1, 0.15) is 5.82 Å². The maximum atomic E-state index is 13.6. The van der Waals surface area contributed by atoms with Crippen molar-refractivity contribution in [3.8, 4) is 11.3 Å². The van der Waals surface area contributed by atoms with E-state index >= 15 is 0 Å². The van der Waals surface area contributed by atoms with Crippen LogP contribution in [0.4, 0.5) is 4.39 Å². The number of halogens is 2. The minimum Gasteiger partial charge on any atom is -0.354 e. The first-order valence-electron chi connectivity index (χ1n) is 5.28. The second kappa shape index (κ2) is 3.90. The fourth-order valence-corrected chi connectivity index (χ4v) is 2.18. The molecular weight excluding hydrogens is 237 g/mol. The fourth-order valence-electron chi connectivity index (χ4n) is 1.94. The van der Waals surface area contributed by atoms with Crippen molar-refractivity contribution >= 4 is 22.5 Å². The van der Waals surface area contributed by atoms with Gasteiger partial charge in [0.05, 0.1) is 0 Å². The average molecular weight is 246 g/mol. The monoisotopic (exact) mass is 245 g/mol. The van der Waals surface area contributed by atoms with Crippen LogP contribution in [-0.4, -0.2) is 4.98 Å². The molecule has 0 spiro atoms. The quantitative estimate of drug-likeness (QED) is 0.644. The highest BCUT2D eigenvalue weighted by molar-refractivity contribution is 6.33. The third-order valence-corrected chi connectivity index (χ3v) is 3.10. The maximum Gasteiger partial charge on any atom is 0.132 e. The molecule has 2 aromatic carbocycles. The molecule has 0 aliphatic carbocycles. The Morgan fingerprint density at radius 1 is 1.00 bits per heavy atom. The van der Waals surface area contributed by atoms with Gasteiger partial charge in [-0.3, -0.25) is 0 Å². The van der Waals surface area contributed by atoms with Crippen LogP contribution in [0.15, 0.2) is 48.5 Å². The largest absolute Gasteiger partial charge is 0.354 e. The van der Waals surface area contributed by atoms with Crippen LogP contribution in [0.2, 0.25) is 5.02 Å². The molecule has 84 valence electrons. The predicted molar refractivity (Wildman–Crippen MR) is 68.7 cm³/mol. The molecule has 1 nitrogen and oxygen atoms in total. The molecule has 0 unspecified atom stereocenters. The SMILES string of the molecule is Fc1cccc2[nH]c(-c3ccccc3Cl)cc12. The van der Waals surface area contributed by atoms with Crippen LogP contribution < -0.4 is 0 Å². The number of nitrogens with one attached hydrogen (secondary N) is 1. The molecule has 1 heterocycles. The predicted octanol–water partition coefficient (Wildman–Crippen LogP) is 4.63. The Morgan fingerprint density at radius 3 is 2.59 bits per heavy atom. The lowest BCUT2D eigenvalue weighted by Gasteiger charge is -1.99. The molecule has 0 saturated heterocycles. The molecule has 3 rings (SSSR count). The third-order valence-electron chi connectivity index (χ3n) is 2.77. The maximum absolute atomic E-state index is 13.6. The average Bonchev–Trinajstić information content (AvgIpc) is 2.75. The fraction of sp³-hybridized carbons (Fsp3) is 0. The summed E-state index contributed by atoms with van der Waals surface area (Å²) in [5, 5.41) is 1.24. The van der Waals surface area contributed by atoms with E-state index in [9.17, 15) is 4.39 Å². The summed E-state index contributed by atoms with van der Waals surface area (Å²) in [4.78, 5) is 3.17. The number of hydrogen-bond donors (Lipinski definition) is 1. The second-order valence-electron chi connectivity index (χ2n) is 3.86. The molecule has 0 aliphatic heterocycles. The number of H-pyrrole nitrogens is 1. The zero-order chi connectivity index (χ0) is 11.8. The summed E-state index contributed by atoms with van der Waals surface area (Å²) in [6.45, 7) is 0. The third kappa shape index (κ3) is 1.71. The number of benzene rings is 2. The van der Waals surface area contributed by atoms with E-state index in [2.05, 4.69) is 4.98 Å². The number of aromatic amines is 1. The molecule has 17 heavy (non-hydrogen) atoms. The summed E-state index contributed by atoms with van der Waals surface area (Å²) >= 11 is 6.11. The first-order chi connectivity index (χ1) is 8.25. The summed E-state index contributed by atoms with van der Waals surface area (Å²) in [6, 6.07) is 14.3. The van der Waals surface area contributed by atoms with Crippen LogP contribution in [0.3, 0.4) is 0 Å². The van der Waals surface area contributed by atoms with Crippen LogP contribution in [0.25, 0.3) is 22.2 Å². The Bertz CT molecular complexity index is 688. The van der Waals surface area contributed by atoms with Crippen LogP contribution in [0.1, 0.15) is 0 Å². The number of hydrogen-bond acceptors (Lipinski definition) is 0. The van der Waals surface area contributed by atoms with Crippen molar-refractivity contribution in [3.05, 3.63) is 59.4 Å². The topological polar surface area (TPSA) is 15.8 Å². The first kappa shape index (κ1) is 10.4. The van der Waals surface area contributed by atoms with Gasteiger partial charge in [-0.25, -0.2) is 4.39 Å². The summed E-state index contributed by atoms with van der Waals surface area (Å²) < 4.78 is 13.6. The zero-order valence-electron chi connectivity index (χ0n) is 8.87. The Hall–Kier alpha value is -1.80. The van der Waals surface area contributed by atoms with Gasteiger partial charge in [-0.1, -0.05) is 35.9 Å². The van der Waals surface area contributed by atoms with Gasteiger partial charge in [0.15, 0.2) is 0 Å². The molecule has 0 bridgehead atoms. The van der Waals surface area contributed by atoms with Crippen LogP contribution >= 0.6 is 11.6 Å². The van der Waals surface area contributed by atoms with Crippen LogP contribution in [0.5, 0.6) is 0 Å². The van der Waals surface area contributed by atoms with Crippen molar-refractivity contribution in [1.82, 2.24) is 4.98 Å². The summed E-state index contributed by atoms with van der Waals surface area (Å²) in [7, 11) is 0. The first-order valence-corrected chi connectivity index (χ1v) is 5.65. The molecule has 3 aromatic rings. The minimum atomic E-state index is -0.225.